The summed E-state index contributed by atoms with van der Waals surface area (Å²) in [6.07, 6.45) is 14.3. The highest BCUT2D eigenvalue weighted by atomic mass is 14.3. The van der Waals surface area contributed by atoms with Crippen LogP contribution in [0.2, 0.25) is 0 Å². The Morgan fingerprint density at radius 2 is 1.22 bits per heavy atom. The third-order valence-corrected chi connectivity index (χ3v) is 4.89. The summed E-state index contributed by atoms with van der Waals surface area (Å²) in [6, 6.07) is 0. The average Bonchev–Trinajstić information content (AvgIpc) is 2.40. The lowest BCUT2D eigenvalue weighted by molar-refractivity contribution is 0.221. The Labute approximate surface area is 117 Å². The molecule has 3 atom stereocenters. The second kappa shape index (κ2) is 12.1. The van der Waals surface area contributed by atoms with Crippen molar-refractivity contribution in [3.05, 3.63) is 0 Å². The first-order chi connectivity index (χ1) is 8.67. The van der Waals surface area contributed by atoms with Crippen LogP contribution < -0.4 is 0 Å². The Bertz CT molecular complexity index is 161. The quantitative estimate of drug-likeness (QED) is 0.335. The molecule has 0 aromatic carbocycles. The third kappa shape index (κ3) is 8.16. The van der Waals surface area contributed by atoms with E-state index in [-0.39, 0.29) is 0 Å². The molecule has 3 unspecified atom stereocenters. The second-order valence-corrected chi connectivity index (χ2v) is 6.35. The van der Waals surface area contributed by atoms with Gasteiger partial charge in [0.05, 0.1) is 0 Å². The minimum atomic E-state index is 0.905. The maximum Gasteiger partial charge on any atom is -0.0386 e. The molecule has 0 aliphatic carbocycles. The van der Waals surface area contributed by atoms with Crippen molar-refractivity contribution in [2.75, 3.05) is 0 Å². The van der Waals surface area contributed by atoms with Gasteiger partial charge < -0.3 is 0 Å². The predicted octanol–water partition coefficient (Wildman–Crippen LogP) is 6.84. The fourth-order valence-electron chi connectivity index (χ4n) is 2.98. The van der Waals surface area contributed by atoms with Crippen molar-refractivity contribution in [1.82, 2.24) is 0 Å². The molecule has 0 amide bonds. The highest BCUT2D eigenvalue weighted by Crippen LogP contribution is 2.31. The molecule has 0 spiro atoms. The number of hydrogen-bond acceptors (Lipinski definition) is 0. The molecule has 0 fully saturated rings. The summed E-state index contributed by atoms with van der Waals surface area (Å²) in [5.74, 6) is 2.82. The van der Waals surface area contributed by atoms with E-state index in [1.54, 1.807) is 0 Å². The van der Waals surface area contributed by atoms with Gasteiger partial charge in [0, 0.05) is 0 Å². The Morgan fingerprint density at radius 3 is 1.78 bits per heavy atom. The molecule has 0 aliphatic rings. The van der Waals surface area contributed by atoms with Gasteiger partial charge in [0.15, 0.2) is 0 Å². The monoisotopic (exact) mass is 254 g/mol. The van der Waals surface area contributed by atoms with Crippen molar-refractivity contribution >= 4 is 0 Å². The van der Waals surface area contributed by atoms with Gasteiger partial charge in [-0.05, 0) is 17.8 Å². The molecule has 0 heterocycles. The smallest absolute Gasteiger partial charge is 0.0386 e. The summed E-state index contributed by atoms with van der Waals surface area (Å²) in [6.45, 7) is 11.9. The standard InChI is InChI=1S/C18H38/c1-6-9-11-12-13-15-18(14-10-7-2)17(5)16(4)8-3/h16-18H,6-15H2,1-5H3. The first-order valence-electron chi connectivity index (χ1n) is 8.67. The van der Waals surface area contributed by atoms with Gasteiger partial charge in [-0.1, -0.05) is 98.8 Å². The van der Waals surface area contributed by atoms with Gasteiger partial charge in [-0.2, -0.15) is 0 Å². The first kappa shape index (κ1) is 18.0. The SMILES string of the molecule is CCCCCCCC(CCCC)C(C)C(C)CC. The Hall–Kier alpha value is 0. The van der Waals surface area contributed by atoms with Crippen molar-refractivity contribution in [2.24, 2.45) is 17.8 Å². The van der Waals surface area contributed by atoms with Crippen molar-refractivity contribution in [3.8, 4) is 0 Å². The van der Waals surface area contributed by atoms with Gasteiger partial charge in [-0.3, -0.25) is 0 Å². The van der Waals surface area contributed by atoms with Gasteiger partial charge in [0.2, 0.25) is 0 Å². The van der Waals surface area contributed by atoms with Crippen LogP contribution in [0.4, 0.5) is 0 Å². The molecule has 0 saturated carbocycles. The second-order valence-electron chi connectivity index (χ2n) is 6.35. The van der Waals surface area contributed by atoms with E-state index in [0.717, 1.165) is 17.8 Å². The molecule has 0 radical (unpaired) electrons. The van der Waals surface area contributed by atoms with Crippen LogP contribution in [0.25, 0.3) is 0 Å². The Morgan fingerprint density at radius 1 is 0.667 bits per heavy atom. The normalized spacial score (nSPS) is 16.5. The van der Waals surface area contributed by atoms with E-state index in [0.29, 0.717) is 0 Å². The van der Waals surface area contributed by atoms with E-state index >= 15 is 0 Å². The van der Waals surface area contributed by atoms with Crippen LogP contribution in [-0.2, 0) is 0 Å². The van der Waals surface area contributed by atoms with E-state index < -0.39 is 0 Å². The Kier molecular flexibility index (Phi) is 12.1. The zero-order valence-corrected chi connectivity index (χ0v) is 13.8. The molecule has 0 rings (SSSR count). The highest BCUT2D eigenvalue weighted by molar-refractivity contribution is 4.71. The zero-order chi connectivity index (χ0) is 13.8. The number of hydrogen-bond donors (Lipinski definition) is 0. The fraction of sp³-hybridized carbons (Fsp3) is 1.00. The molecular weight excluding hydrogens is 216 g/mol. The van der Waals surface area contributed by atoms with Crippen LogP contribution in [-0.4, -0.2) is 0 Å². The number of unbranched alkanes of at least 4 members (excludes halogenated alkanes) is 5. The molecule has 0 bridgehead atoms. The maximum atomic E-state index is 2.50. The molecule has 0 heteroatoms. The lowest BCUT2D eigenvalue weighted by Gasteiger charge is -2.28. The van der Waals surface area contributed by atoms with E-state index in [9.17, 15) is 0 Å². The predicted molar refractivity (Wildman–Crippen MR) is 85.0 cm³/mol. The molecule has 0 aliphatic heterocycles. The summed E-state index contributed by atoms with van der Waals surface area (Å²) in [5, 5.41) is 0. The minimum Gasteiger partial charge on any atom is -0.0654 e. The summed E-state index contributed by atoms with van der Waals surface area (Å²) >= 11 is 0. The summed E-state index contributed by atoms with van der Waals surface area (Å²) in [4.78, 5) is 0. The topological polar surface area (TPSA) is 0 Å². The molecule has 18 heavy (non-hydrogen) atoms. The van der Waals surface area contributed by atoms with Crippen molar-refractivity contribution in [2.45, 2.75) is 98.8 Å². The van der Waals surface area contributed by atoms with Gasteiger partial charge >= 0.3 is 0 Å². The van der Waals surface area contributed by atoms with E-state index in [4.69, 9.17) is 0 Å². The molecule has 0 nitrogen and oxygen atoms in total. The van der Waals surface area contributed by atoms with Crippen molar-refractivity contribution in [1.29, 1.82) is 0 Å². The third-order valence-electron chi connectivity index (χ3n) is 4.89. The molecular formula is C18H38. The average molecular weight is 255 g/mol. The summed E-state index contributed by atoms with van der Waals surface area (Å²) in [5.41, 5.74) is 0. The highest BCUT2D eigenvalue weighted by Gasteiger charge is 2.20. The molecule has 0 N–H and O–H groups in total. The van der Waals surface area contributed by atoms with Crippen molar-refractivity contribution in [3.63, 3.8) is 0 Å². The molecule has 110 valence electrons. The maximum absolute atomic E-state index is 2.50. The molecule has 0 aromatic rings. The molecule has 0 aromatic heterocycles. The van der Waals surface area contributed by atoms with Crippen LogP contribution in [0.15, 0.2) is 0 Å². The van der Waals surface area contributed by atoms with Crippen LogP contribution in [0.3, 0.4) is 0 Å². The van der Waals surface area contributed by atoms with Gasteiger partial charge in [0.1, 0.15) is 0 Å². The molecule has 0 saturated heterocycles. The Balaban J connectivity index is 3.97. The van der Waals surface area contributed by atoms with Gasteiger partial charge in [-0.15, -0.1) is 0 Å². The summed E-state index contributed by atoms with van der Waals surface area (Å²) in [7, 11) is 0. The van der Waals surface area contributed by atoms with Crippen molar-refractivity contribution < 1.29 is 0 Å². The number of rotatable bonds is 12. The largest absolute Gasteiger partial charge is 0.0654 e. The van der Waals surface area contributed by atoms with Crippen LogP contribution in [0.5, 0.6) is 0 Å². The van der Waals surface area contributed by atoms with Crippen LogP contribution in [0.1, 0.15) is 98.8 Å². The minimum absolute atomic E-state index is 0.905. The van der Waals surface area contributed by atoms with Gasteiger partial charge in [0.25, 0.3) is 0 Å². The summed E-state index contributed by atoms with van der Waals surface area (Å²) < 4.78 is 0. The van der Waals surface area contributed by atoms with Crippen LogP contribution in [0, 0.1) is 17.8 Å². The fourth-order valence-corrected chi connectivity index (χ4v) is 2.98. The lowest BCUT2D eigenvalue weighted by atomic mass is 9.77. The van der Waals surface area contributed by atoms with E-state index in [1.165, 1.54) is 64.2 Å². The first-order valence-corrected chi connectivity index (χ1v) is 8.67. The zero-order valence-electron chi connectivity index (χ0n) is 13.8. The van der Waals surface area contributed by atoms with Crippen LogP contribution >= 0.6 is 0 Å². The van der Waals surface area contributed by atoms with E-state index in [2.05, 4.69) is 34.6 Å². The lowest BCUT2D eigenvalue weighted by Crippen LogP contribution is -2.19. The van der Waals surface area contributed by atoms with E-state index in [1.807, 2.05) is 0 Å². The van der Waals surface area contributed by atoms with Gasteiger partial charge in [-0.25, -0.2) is 0 Å².